The number of nitrogens with one attached hydrogen (secondary N) is 1. The molecule has 7 nitrogen and oxygen atoms in total. The molecule has 1 saturated heterocycles. The minimum absolute atomic E-state index is 0.117. The van der Waals surface area contributed by atoms with Crippen molar-refractivity contribution < 1.29 is 22.7 Å². The maximum Gasteiger partial charge on any atom is 0.265 e. The van der Waals surface area contributed by atoms with Gasteiger partial charge in [-0.15, -0.1) is 0 Å². The average Bonchev–Trinajstić information content (AvgIpc) is 2.93. The van der Waals surface area contributed by atoms with Crippen molar-refractivity contribution in [3.05, 3.63) is 48.5 Å². The molecule has 0 aliphatic carbocycles. The van der Waals surface area contributed by atoms with Gasteiger partial charge in [0.2, 0.25) is 11.8 Å². The SMILES string of the molecule is COc1ccc(N2C(=O)CCC2=O)cc1S(=O)(=O)Nc1ccccc1. The lowest BCUT2D eigenvalue weighted by Gasteiger charge is -2.17. The first-order valence-electron chi connectivity index (χ1n) is 7.54. The van der Waals surface area contributed by atoms with E-state index in [4.69, 9.17) is 4.74 Å². The average molecular weight is 360 g/mol. The summed E-state index contributed by atoms with van der Waals surface area (Å²) in [4.78, 5) is 24.7. The van der Waals surface area contributed by atoms with Crippen molar-refractivity contribution in [2.45, 2.75) is 17.7 Å². The van der Waals surface area contributed by atoms with E-state index in [9.17, 15) is 18.0 Å². The molecule has 1 heterocycles. The van der Waals surface area contributed by atoms with E-state index in [0.717, 1.165) is 4.90 Å². The van der Waals surface area contributed by atoms with Gasteiger partial charge in [0.05, 0.1) is 12.8 Å². The zero-order valence-corrected chi connectivity index (χ0v) is 14.2. The monoisotopic (exact) mass is 360 g/mol. The fourth-order valence-corrected chi connectivity index (χ4v) is 3.84. The third-order valence-electron chi connectivity index (χ3n) is 3.77. The van der Waals surface area contributed by atoms with Gasteiger partial charge in [-0.05, 0) is 30.3 Å². The van der Waals surface area contributed by atoms with E-state index in [1.165, 1.54) is 25.3 Å². The zero-order chi connectivity index (χ0) is 18.0. The number of ether oxygens (including phenoxy) is 1. The Morgan fingerprint density at radius 1 is 1.00 bits per heavy atom. The molecule has 1 aliphatic rings. The Balaban J connectivity index is 2.03. The first kappa shape index (κ1) is 17.0. The molecule has 0 atom stereocenters. The smallest absolute Gasteiger partial charge is 0.265 e. The van der Waals surface area contributed by atoms with Crippen molar-refractivity contribution in [1.82, 2.24) is 0 Å². The highest BCUT2D eigenvalue weighted by Gasteiger charge is 2.32. The van der Waals surface area contributed by atoms with Gasteiger partial charge in [0.1, 0.15) is 10.6 Å². The van der Waals surface area contributed by atoms with Gasteiger partial charge in [0.15, 0.2) is 0 Å². The summed E-state index contributed by atoms with van der Waals surface area (Å²) in [5.74, 6) is -0.588. The Kier molecular flexibility index (Phi) is 4.45. The van der Waals surface area contributed by atoms with E-state index in [1.807, 2.05) is 0 Å². The molecule has 3 rings (SSSR count). The van der Waals surface area contributed by atoms with Crippen molar-refractivity contribution in [1.29, 1.82) is 0 Å². The summed E-state index contributed by atoms with van der Waals surface area (Å²) in [5, 5.41) is 0. The van der Waals surface area contributed by atoms with Crippen LogP contribution >= 0.6 is 0 Å². The number of sulfonamides is 1. The Labute approximate surface area is 145 Å². The van der Waals surface area contributed by atoms with Gasteiger partial charge >= 0.3 is 0 Å². The third kappa shape index (κ3) is 3.34. The van der Waals surface area contributed by atoms with Crippen LogP contribution in [-0.2, 0) is 19.6 Å². The molecule has 8 heteroatoms. The number of para-hydroxylation sites is 1. The quantitative estimate of drug-likeness (QED) is 0.825. The van der Waals surface area contributed by atoms with Gasteiger partial charge in [-0.3, -0.25) is 19.2 Å². The molecule has 0 saturated carbocycles. The Hall–Kier alpha value is -2.87. The first-order chi connectivity index (χ1) is 11.9. The van der Waals surface area contributed by atoms with Crippen LogP contribution in [0, 0.1) is 0 Å². The predicted molar refractivity (Wildman–Crippen MR) is 92.0 cm³/mol. The largest absolute Gasteiger partial charge is 0.495 e. The normalized spacial score (nSPS) is 14.7. The summed E-state index contributed by atoms with van der Waals surface area (Å²) in [6.45, 7) is 0. The number of anilines is 2. The minimum Gasteiger partial charge on any atom is -0.495 e. The summed E-state index contributed by atoms with van der Waals surface area (Å²) >= 11 is 0. The summed E-state index contributed by atoms with van der Waals surface area (Å²) in [5.41, 5.74) is 0.602. The lowest BCUT2D eigenvalue weighted by Crippen LogP contribution is -2.28. The third-order valence-corrected chi connectivity index (χ3v) is 5.17. The van der Waals surface area contributed by atoms with Gasteiger partial charge in [0, 0.05) is 18.5 Å². The van der Waals surface area contributed by atoms with Crippen LogP contribution in [0.2, 0.25) is 0 Å². The van der Waals surface area contributed by atoms with Crippen LogP contribution in [0.25, 0.3) is 0 Å². The van der Waals surface area contributed by atoms with Gasteiger partial charge in [-0.25, -0.2) is 8.42 Å². The highest BCUT2D eigenvalue weighted by Crippen LogP contribution is 2.32. The van der Waals surface area contributed by atoms with Crippen molar-refractivity contribution >= 4 is 33.2 Å². The highest BCUT2D eigenvalue weighted by atomic mass is 32.2. The fraction of sp³-hybridized carbons (Fsp3) is 0.176. The lowest BCUT2D eigenvalue weighted by atomic mass is 10.2. The maximum absolute atomic E-state index is 12.7. The number of hydrogen-bond acceptors (Lipinski definition) is 5. The molecule has 0 aromatic heterocycles. The van der Waals surface area contributed by atoms with Crippen LogP contribution in [0.5, 0.6) is 5.75 Å². The number of carbonyl (C=O) groups excluding carboxylic acids is 2. The molecule has 0 bridgehead atoms. The minimum atomic E-state index is -3.97. The Morgan fingerprint density at radius 2 is 1.64 bits per heavy atom. The molecule has 2 aromatic carbocycles. The van der Waals surface area contributed by atoms with Crippen LogP contribution in [0.1, 0.15) is 12.8 Å². The van der Waals surface area contributed by atoms with E-state index in [1.54, 1.807) is 30.3 Å². The van der Waals surface area contributed by atoms with Crippen molar-refractivity contribution in [2.75, 3.05) is 16.7 Å². The van der Waals surface area contributed by atoms with Crippen LogP contribution in [-0.4, -0.2) is 27.3 Å². The topological polar surface area (TPSA) is 92.8 Å². The molecule has 0 unspecified atom stereocenters. The molecule has 0 radical (unpaired) electrons. The van der Waals surface area contributed by atoms with E-state index in [-0.39, 0.29) is 41.0 Å². The molecule has 1 aliphatic heterocycles. The molecule has 1 N–H and O–H groups in total. The number of imide groups is 1. The molecular formula is C17H16N2O5S. The van der Waals surface area contributed by atoms with Gasteiger partial charge in [0.25, 0.3) is 10.0 Å². The van der Waals surface area contributed by atoms with E-state index in [2.05, 4.69) is 4.72 Å². The first-order valence-corrected chi connectivity index (χ1v) is 9.02. The van der Waals surface area contributed by atoms with Crippen LogP contribution in [0.3, 0.4) is 0 Å². The predicted octanol–water partition coefficient (Wildman–Crippen LogP) is 2.15. The molecular weight excluding hydrogens is 344 g/mol. The van der Waals surface area contributed by atoms with Gasteiger partial charge in [-0.1, -0.05) is 18.2 Å². The number of rotatable bonds is 5. The Morgan fingerprint density at radius 3 is 2.24 bits per heavy atom. The van der Waals surface area contributed by atoms with Gasteiger partial charge in [-0.2, -0.15) is 0 Å². The van der Waals surface area contributed by atoms with Crippen LogP contribution in [0.4, 0.5) is 11.4 Å². The van der Waals surface area contributed by atoms with Crippen molar-refractivity contribution in [3.8, 4) is 5.75 Å². The molecule has 130 valence electrons. The van der Waals surface area contributed by atoms with E-state index >= 15 is 0 Å². The summed E-state index contributed by atoms with van der Waals surface area (Å²) in [7, 11) is -2.62. The van der Waals surface area contributed by atoms with E-state index in [0.29, 0.717) is 5.69 Å². The van der Waals surface area contributed by atoms with Crippen molar-refractivity contribution in [3.63, 3.8) is 0 Å². The second-order valence-electron chi connectivity index (χ2n) is 5.43. The van der Waals surface area contributed by atoms with Crippen LogP contribution < -0.4 is 14.4 Å². The summed E-state index contributed by atoms with van der Waals surface area (Å²) in [6, 6.07) is 12.6. The number of carbonyl (C=O) groups is 2. The lowest BCUT2D eigenvalue weighted by molar-refractivity contribution is -0.121. The Bertz CT molecular complexity index is 909. The fourth-order valence-electron chi connectivity index (χ4n) is 2.60. The molecule has 1 fully saturated rings. The maximum atomic E-state index is 12.7. The molecule has 0 spiro atoms. The number of benzene rings is 2. The zero-order valence-electron chi connectivity index (χ0n) is 13.4. The summed E-state index contributed by atoms with van der Waals surface area (Å²) in [6.07, 6.45) is 0.240. The number of methoxy groups -OCH3 is 1. The molecule has 25 heavy (non-hydrogen) atoms. The second-order valence-corrected chi connectivity index (χ2v) is 7.08. The van der Waals surface area contributed by atoms with Gasteiger partial charge < -0.3 is 4.74 Å². The standard InChI is InChI=1S/C17H16N2O5S/c1-24-14-8-7-13(19-16(20)9-10-17(19)21)11-15(14)25(22,23)18-12-5-3-2-4-6-12/h2-8,11,18H,9-10H2,1H3. The van der Waals surface area contributed by atoms with Crippen molar-refractivity contribution in [2.24, 2.45) is 0 Å². The second kappa shape index (κ2) is 6.56. The summed E-state index contributed by atoms with van der Waals surface area (Å²) < 4.78 is 33.1. The van der Waals surface area contributed by atoms with E-state index < -0.39 is 10.0 Å². The molecule has 2 aromatic rings. The van der Waals surface area contributed by atoms with Crippen LogP contribution in [0.15, 0.2) is 53.4 Å². The number of hydrogen-bond donors (Lipinski definition) is 1. The number of nitrogens with zero attached hydrogens (tertiary/aromatic N) is 1. The molecule has 2 amide bonds. The number of amides is 2. The highest BCUT2D eigenvalue weighted by molar-refractivity contribution is 7.92.